The minimum atomic E-state index is -1.99. The number of nitrogens with zero attached hydrogens (tertiary/aromatic N) is 6. The summed E-state index contributed by atoms with van der Waals surface area (Å²) in [6.07, 6.45) is 7.20. The van der Waals surface area contributed by atoms with E-state index in [4.69, 9.17) is 34.4 Å². The van der Waals surface area contributed by atoms with Crippen LogP contribution in [0.5, 0.6) is 0 Å². The summed E-state index contributed by atoms with van der Waals surface area (Å²) in [5, 5.41) is 22.2. The quantitative estimate of drug-likeness (QED) is 0.00879. The van der Waals surface area contributed by atoms with Crippen LogP contribution in [0, 0.1) is 20.8 Å². The summed E-state index contributed by atoms with van der Waals surface area (Å²) in [6.45, 7) is 6.30. The number of benzene rings is 6. The lowest BCUT2D eigenvalue weighted by atomic mass is 9.83. The molecule has 9 aromatic rings. The van der Waals surface area contributed by atoms with Crippen molar-refractivity contribution in [2.24, 2.45) is 34.4 Å². The van der Waals surface area contributed by atoms with Crippen molar-refractivity contribution in [1.29, 1.82) is 0 Å². The van der Waals surface area contributed by atoms with E-state index in [9.17, 15) is 28.8 Å². The van der Waals surface area contributed by atoms with Gasteiger partial charge in [-0.15, -0.1) is 12.4 Å². The smallest absolute Gasteiger partial charge is 0.252 e. The Morgan fingerprint density at radius 2 is 0.620 bits per heavy atom. The molecule has 0 aliphatic rings. The van der Waals surface area contributed by atoms with Crippen molar-refractivity contribution in [1.82, 2.24) is 29.3 Å². The second-order valence-corrected chi connectivity index (χ2v) is 23.0. The van der Waals surface area contributed by atoms with Gasteiger partial charge in [-0.1, -0.05) is 91.0 Å². The summed E-state index contributed by atoms with van der Waals surface area (Å²) in [5.41, 5.74) is 40.2. The van der Waals surface area contributed by atoms with E-state index in [1.165, 1.54) is 18.6 Å². The lowest BCUT2D eigenvalue weighted by molar-refractivity contribution is -0.120. The number of rotatable bonds is 30. The lowest BCUT2D eigenvalue weighted by Crippen LogP contribution is -2.57. The number of hydrogen-bond donors (Lipinski definition) is 9. The average Bonchev–Trinajstić information content (AvgIpc) is 1.51. The molecule has 92 heavy (non-hydrogen) atoms. The van der Waals surface area contributed by atoms with Gasteiger partial charge < -0.3 is 50.4 Å². The first-order valence-corrected chi connectivity index (χ1v) is 30.5. The molecule has 0 aliphatic heterocycles. The fourth-order valence-corrected chi connectivity index (χ4v) is 11.3. The van der Waals surface area contributed by atoms with Gasteiger partial charge in [0.1, 0.15) is 0 Å². The van der Waals surface area contributed by atoms with Gasteiger partial charge >= 0.3 is 0 Å². The van der Waals surface area contributed by atoms with Crippen molar-refractivity contribution in [3.05, 3.63) is 233 Å². The summed E-state index contributed by atoms with van der Waals surface area (Å²) in [5.74, 6) is -4.40. The van der Waals surface area contributed by atoms with E-state index >= 15 is 0 Å². The molecule has 9 rings (SSSR count). The summed E-state index contributed by atoms with van der Waals surface area (Å²) < 4.78 is 4.89. The number of carbonyl (C=O) groups excluding carboxylic acids is 6. The van der Waals surface area contributed by atoms with Crippen LogP contribution >= 0.6 is 12.4 Å². The number of unbranched alkanes of at least 4 members (excludes halogenated alkanes) is 3. The molecule has 0 aliphatic carbocycles. The molecule has 478 valence electrons. The van der Waals surface area contributed by atoms with Crippen LogP contribution in [-0.2, 0) is 14.4 Å². The first-order valence-electron chi connectivity index (χ1n) is 30.5. The number of amides is 3. The Kier molecular flexibility index (Phi) is 22.6. The third-order valence-corrected chi connectivity index (χ3v) is 16.8. The standard InChI is InChI=1S/C70H79N15O6.ClH/c1-46-58(43-77-83(46)55-19-7-4-8-20-55)62(86)68(74,37-13-16-40-71)65(89)80-52-31-25-49(26-32-52)61(50-27-33-53(34-28-50)81-66(90)69(75,38-14-17-41-72)63(87)59-44-78-84(47(59)2)56-21-9-5-10-22-56)51-29-35-54(36-30-51)82-67(91)70(76,39-15-18-42-73)64(88)60-45-79-85(48(60)3)57-23-11-6-12-24-57;/h4-12,19-36,43-45,61H,13-18,37-42,71-76H2,1-3H3,(H,80,89)(H,81,90)(H,82,91);1H/t68-,69-,70-;/m0./s1. The SMILES string of the molecule is Cc1c(C(=O)[C@@](N)(CCCCN)C(=O)Nc2ccc(C(c3ccc(NC(=O)[C@](N)(CCCCN)C(=O)c4cnn(-c5ccccc5)c4C)cc3)c3ccc(NC(=O)[C@](N)(CCCCN)C(=O)c4cnn(-c5ccccc5)c4C)cc3)cc2)cnn1-c1ccccc1.Cl. The number of nitrogens with one attached hydrogen (secondary N) is 3. The van der Waals surface area contributed by atoms with Crippen LogP contribution in [0.25, 0.3) is 17.1 Å². The molecule has 0 saturated carbocycles. The fraction of sp³-hybridized carbons (Fsp3) is 0.271. The van der Waals surface area contributed by atoms with Gasteiger partial charge in [0.15, 0.2) is 34.0 Å². The largest absolute Gasteiger partial charge is 0.330 e. The van der Waals surface area contributed by atoms with Gasteiger partial charge in [-0.25, -0.2) is 14.0 Å². The Bertz CT molecular complexity index is 3600. The summed E-state index contributed by atoms with van der Waals surface area (Å²) in [4.78, 5) is 86.9. The summed E-state index contributed by atoms with van der Waals surface area (Å²) >= 11 is 0. The van der Waals surface area contributed by atoms with Gasteiger partial charge in [-0.2, -0.15) is 15.3 Å². The Morgan fingerprint density at radius 3 is 0.848 bits per heavy atom. The monoisotopic (exact) mass is 1260 g/mol. The fourth-order valence-electron chi connectivity index (χ4n) is 11.3. The molecule has 3 aromatic heterocycles. The normalized spacial score (nSPS) is 13.2. The van der Waals surface area contributed by atoms with Crippen molar-refractivity contribution in [2.75, 3.05) is 35.6 Å². The van der Waals surface area contributed by atoms with Gasteiger partial charge in [-0.3, -0.25) is 28.8 Å². The Morgan fingerprint density at radius 1 is 0.380 bits per heavy atom. The van der Waals surface area contributed by atoms with Crippen LogP contribution in [-0.4, -0.2) is 101 Å². The Hall–Kier alpha value is -9.58. The van der Waals surface area contributed by atoms with Crippen LogP contribution in [0.3, 0.4) is 0 Å². The van der Waals surface area contributed by atoms with Crippen molar-refractivity contribution in [3.8, 4) is 17.1 Å². The molecule has 0 fully saturated rings. The molecule has 3 atom stereocenters. The van der Waals surface area contributed by atoms with E-state index in [2.05, 4.69) is 31.2 Å². The van der Waals surface area contributed by atoms with E-state index in [1.54, 1.807) is 71.2 Å². The van der Waals surface area contributed by atoms with Gasteiger partial charge in [0.05, 0.1) is 69.4 Å². The lowest BCUT2D eigenvalue weighted by Gasteiger charge is -2.27. The number of halogens is 1. The molecule has 15 N–H and O–H groups in total. The van der Waals surface area contributed by atoms with Crippen molar-refractivity contribution in [3.63, 3.8) is 0 Å². The number of anilines is 3. The zero-order chi connectivity index (χ0) is 64.9. The van der Waals surface area contributed by atoms with Crippen molar-refractivity contribution in [2.45, 2.75) is 101 Å². The Balaban J connectivity index is 0.0000109. The van der Waals surface area contributed by atoms with E-state index < -0.39 is 57.6 Å². The van der Waals surface area contributed by atoms with Crippen LogP contribution in [0.2, 0.25) is 0 Å². The maximum Gasteiger partial charge on any atom is 0.252 e. The highest BCUT2D eigenvalue weighted by Gasteiger charge is 2.46. The third kappa shape index (κ3) is 14.8. The molecule has 0 bridgehead atoms. The van der Waals surface area contributed by atoms with Crippen molar-refractivity contribution >= 4 is 64.5 Å². The zero-order valence-electron chi connectivity index (χ0n) is 51.9. The summed E-state index contributed by atoms with van der Waals surface area (Å²) in [7, 11) is 0. The second-order valence-electron chi connectivity index (χ2n) is 23.0. The van der Waals surface area contributed by atoms with Gasteiger partial charge in [0.2, 0.25) is 0 Å². The highest BCUT2D eigenvalue weighted by molar-refractivity contribution is 6.23. The first-order chi connectivity index (χ1) is 43.9. The number of para-hydroxylation sites is 3. The highest BCUT2D eigenvalue weighted by atomic mass is 35.5. The first kappa shape index (κ1) is 68.3. The number of nitrogens with two attached hydrogens (primary N) is 6. The molecule has 6 aromatic carbocycles. The second kappa shape index (κ2) is 30.5. The topological polar surface area (TPSA) is 348 Å². The molecular formula is C70H80ClN15O6. The molecule has 0 spiro atoms. The maximum absolute atomic E-state index is 14.5. The molecule has 0 radical (unpaired) electrons. The number of hydrogen-bond acceptors (Lipinski definition) is 15. The molecule has 3 amide bonds. The highest BCUT2D eigenvalue weighted by Crippen LogP contribution is 2.36. The average molecular weight is 1260 g/mol. The van der Waals surface area contributed by atoms with Crippen LogP contribution in [0.1, 0.15) is 129 Å². The number of carbonyl (C=O) groups is 6. The van der Waals surface area contributed by atoms with Gasteiger partial charge in [-0.05, 0) is 188 Å². The predicted octanol–water partition coefficient (Wildman–Crippen LogP) is 8.71. The molecule has 0 saturated heterocycles. The number of Topliss-reactive ketones (excluding diaryl/α,β-unsaturated/α-hetero) is 3. The predicted molar refractivity (Wildman–Crippen MR) is 361 cm³/mol. The van der Waals surface area contributed by atoms with Gasteiger partial charge in [0.25, 0.3) is 17.7 Å². The van der Waals surface area contributed by atoms with Crippen LogP contribution in [0.15, 0.2) is 182 Å². The number of aromatic nitrogens is 6. The van der Waals surface area contributed by atoms with E-state index in [0.29, 0.717) is 92.3 Å². The Labute approximate surface area is 541 Å². The van der Waals surface area contributed by atoms with Crippen LogP contribution in [0.4, 0.5) is 17.1 Å². The number of ketones is 3. The van der Waals surface area contributed by atoms with E-state index in [0.717, 1.165) is 33.8 Å². The van der Waals surface area contributed by atoms with E-state index in [-0.39, 0.29) is 48.4 Å². The third-order valence-electron chi connectivity index (χ3n) is 16.8. The van der Waals surface area contributed by atoms with Gasteiger partial charge in [0, 0.05) is 23.0 Å². The molecule has 21 nitrogen and oxygen atoms in total. The zero-order valence-corrected chi connectivity index (χ0v) is 52.7. The minimum Gasteiger partial charge on any atom is -0.330 e. The summed E-state index contributed by atoms with van der Waals surface area (Å²) in [6, 6.07) is 49.3. The van der Waals surface area contributed by atoms with Crippen LogP contribution < -0.4 is 50.4 Å². The maximum atomic E-state index is 14.5. The molecule has 0 unspecified atom stereocenters. The van der Waals surface area contributed by atoms with Crippen molar-refractivity contribution < 1.29 is 28.8 Å². The van der Waals surface area contributed by atoms with E-state index in [1.807, 2.05) is 127 Å². The molecule has 22 heteroatoms. The molecule has 3 heterocycles. The minimum absolute atomic E-state index is 0. The molecular weight excluding hydrogens is 1180 g/mol.